The predicted molar refractivity (Wildman–Crippen MR) is 86.8 cm³/mol. The number of rotatable bonds is 9. The van der Waals surface area contributed by atoms with Crippen molar-refractivity contribution in [1.29, 1.82) is 0 Å². The van der Waals surface area contributed by atoms with Crippen molar-refractivity contribution >= 4 is 11.6 Å². The second-order valence-corrected chi connectivity index (χ2v) is 4.88. The number of carbonyl (C=O) groups is 1. The van der Waals surface area contributed by atoms with Crippen LogP contribution in [0.1, 0.15) is 37.6 Å². The van der Waals surface area contributed by atoms with Gasteiger partial charge >= 0.3 is 0 Å². The predicted octanol–water partition coefficient (Wildman–Crippen LogP) is 2.13. The quantitative estimate of drug-likeness (QED) is 0.684. The molecule has 5 nitrogen and oxygen atoms in total. The zero-order valence-electron chi connectivity index (χ0n) is 13.3. The van der Waals surface area contributed by atoms with Gasteiger partial charge in [0.2, 0.25) is 0 Å². The Balaban J connectivity index is 2.50. The van der Waals surface area contributed by atoms with Gasteiger partial charge in [0, 0.05) is 18.7 Å². The topological polar surface area (TPSA) is 67.6 Å². The fraction of sp³-hybridized carbons (Fsp3) is 0.562. The number of likely N-dealkylation sites (N-methyl/N-ethyl adjacent to an activating group) is 1. The monoisotopic (exact) mass is 293 g/mol. The molecule has 0 unspecified atom stereocenters. The van der Waals surface area contributed by atoms with Crippen LogP contribution in [0.15, 0.2) is 18.2 Å². The molecule has 0 spiro atoms. The van der Waals surface area contributed by atoms with Gasteiger partial charge in [0.05, 0.1) is 12.3 Å². The highest BCUT2D eigenvalue weighted by molar-refractivity contribution is 5.95. The summed E-state index contributed by atoms with van der Waals surface area (Å²) in [6, 6.07) is 5.13. The van der Waals surface area contributed by atoms with E-state index in [1.165, 1.54) is 0 Å². The summed E-state index contributed by atoms with van der Waals surface area (Å²) < 4.78 is 5.36. The zero-order valence-corrected chi connectivity index (χ0v) is 13.3. The van der Waals surface area contributed by atoms with Crippen LogP contribution in [0.3, 0.4) is 0 Å². The van der Waals surface area contributed by atoms with Crippen LogP contribution < -0.4 is 15.8 Å². The summed E-state index contributed by atoms with van der Waals surface area (Å²) in [6.07, 6.45) is 1.12. The smallest absolute Gasteiger partial charge is 0.251 e. The molecule has 5 heteroatoms. The Hall–Kier alpha value is -1.75. The van der Waals surface area contributed by atoms with Crippen molar-refractivity contribution < 1.29 is 9.53 Å². The number of hydrogen-bond acceptors (Lipinski definition) is 4. The minimum absolute atomic E-state index is 0.0997. The molecule has 1 amide bonds. The average Bonchev–Trinajstić information content (AvgIpc) is 2.48. The van der Waals surface area contributed by atoms with E-state index in [1.807, 2.05) is 6.92 Å². The molecule has 0 radical (unpaired) electrons. The van der Waals surface area contributed by atoms with Crippen LogP contribution in [0.25, 0.3) is 0 Å². The summed E-state index contributed by atoms with van der Waals surface area (Å²) in [5.74, 6) is 0.520. The van der Waals surface area contributed by atoms with E-state index in [9.17, 15) is 4.79 Å². The molecule has 1 aromatic carbocycles. The maximum absolute atomic E-state index is 12.1. The van der Waals surface area contributed by atoms with Crippen LogP contribution >= 0.6 is 0 Å². The Kier molecular flexibility index (Phi) is 7.61. The molecule has 118 valence electrons. The summed E-state index contributed by atoms with van der Waals surface area (Å²) in [6.45, 7) is 10.3. The summed E-state index contributed by atoms with van der Waals surface area (Å²) in [5.41, 5.74) is 6.93. The summed E-state index contributed by atoms with van der Waals surface area (Å²) in [4.78, 5) is 14.4. The van der Waals surface area contributed by atoms with Crippen LogP contribution in [0.4, 0.5) is 5.69 Å². The van der Waals surface area contributed by atoms with Crippen molar-refractivity contribution in [3.05, 3.63) is 23.8 Å². The molecular formula is C16H27N3O2. The van der Waals surface area contributed by atoms with Crippen molar-refractivity contribution in [2.75, 3.05) is 38.5 Å². The van der Waals surface area contributed by atoms with Gasteiger partial charge in [0.1, 0.15) is 5.75 Å². The fourth-order valence-electron chi connectivity index (χ4n) is 2.15. The molecule has 21 heavy (non-hydrogen) atoms. The summed E-state index contributed by atoms with van der Waals surface area (Å²) >= 11 is 0. The molecule has 0 heterocycles. The minimum Gasteiger partial charge on any atom is -0.492 e. The summed E-state index contributed by atoms with van der Waals surface area (Å²) in [5, 5.41) is 2.92. The molecule has 1 aromatic rings. The lowest BCUT2D eigenvalue weighted by Gasteiger charge is -2.19. The van der Waals surface area contributed by atoms with Crippen LogP contribution in [0, 0.1) is 0 Å². The second kappa shape index (κ2) is 9.23. The first-order chi connectivity index (χ1) is 10.1. The SMILES string of the molecule is CCCN(CC)CCNC(=O)c1ccc(OCC)c(N)c1. The summed E-state index contributed by atoms with van der Waals surface area (Å²) in [7, 11) is 0. The lowest BCUT2D eigenvalue weighted by Crippen LogP contribution is -2.35. The van der Waals surface area contributed by atoms with Crippen molar-refractivity contribution in [3.8, 4) is 5.75 Å². The molecule has 3 N–H and O–H groups in total. The standard InChI is InChI=1S/C16H27N3O2/c1-4-10-19(5-2)11-9-18-16(20)13-7-8-15(21-6-3)14(17)12-13/h7-8,12H,4-6,9-11,17H2,1-3H3,(H,18,20). The molecule has 0 aliphatic heterocycles. The Morgan fingerprint density at radius 1 is 1.29 bits per heavy atom. The van der Waals surface area contributed by atoms with E-state index in [0.29, 0.717) is 30.2 Å². The number of carbonyl (C=O) groups excluding carboxylic acids is 1. The Labute approximate surface area is 127 Å². The second-order valence-electron chi connectivity index (χ2n) is 4.88. The zero-order chi connectivity index (χ0) is 15.7. The molecule has 0 aromatic heterocycles. The van der Waals surface area contributed by atoms with Gasteiger partial charge in [-0.1, -0.05) is 13.8 Å². The third kappa shape index (κ3) is 5.63. The van der Waals surface area contributed by atoms with Gasteiger partial charge < -0.3 is 20.7 Å². The molecular weight excluding hydrogens is 266 g/mol. The van der Waals surface area contributed by atoms with E-state index < -0.39 is 0 Å². The third-order valence-electron chi connectivity index (χ3n) is 3.27. The van der Waals surface area contributed by atoms with E-state index >= 15 is 0 Å². The van der Waals surface area contributed by atoms with Gasteiger partial charge in [-0.2, -0.15) is 0 Å². The number of hydrogen-bond donors (Lipinski definition) is 2. The van der Waals surface area contributed by atoms with Gasteiger partial charge in [-0.3, -0.25) is 4.79 Å². The van der Waals surface area contributed by atoms with Gasteiger partial charge in [-0.15, -0.1) is 0 Å². The highest BCUT2D eigenvalue weighted by Gasteiger charge is 2.09. The number of nitrogens with zero attached hydrogens (tertiary/aromatic N) is 1. The molecule has 0 aliphatic rings. The highest BCUT2D eigenvalue weighted by Crippen LogP contribution is 2.22. The van der Waals surface area contributed by atoms with Crippen molar-refractivity contribution in [3.63, 3.8) is 0 Å². The number of nitrogens with two attached hydrogens (primary N) is 1. The molecule has 0 aliphatic carbocycles. The first-order valence-electron chi connectivity index (χ1n) is 7.65. The molecule has 0 saturated carbocycles. The van der Waals surface area contributed by atoms with Gasteiger partial charge in [0.25, 0.3) is 5.91 Å². The van der Waals surface area contributed by atoms with Gasteiger partial charge in [-0.05, 0) is 44.6 Å². The van der Waals surface area contributed by atoms with E-state index in [4.69, 9.17) is 10.5 Å². The van der Waals surface area contributed by atoms with Crippen molar-refractivity contribution in [2.24, 2.45) is 0 Å². The van der Waals surface area contributed by atoms with Crippen molar-refractivity contribution in [1.82, 2.24) is 10.2 Å². The average molecular weight is 293 g/mol. The molecule has 0 atom stereocenters. The van der Waals surface area contributed by atoms with Crippen LogP contribution in [0.2, 0.25) is 0 Å². The normalized spacial score (nSPS) is 10.7. The van der Waals surface area contributed by atoms with Crippen LogP contribution in [-0.4, -0.2) is 43.6 Å². The molecule has 0 saturated heterocycles. The Bertz CT molecular complexity index is 449. The first kappa shape index (κ1) is 17.3. The number of amides is 1. The number of nitrogens with one attached hydrogen (secondary N) is 1. The maximum Gasteiger partial charge on any atom is 0.251 e. The fourth-order valence-corrected chi connectivity index (χ4v) is 2.15. The lowest BCUT2D eigenvalue weighted by atomic mass is 10.1. The number of ether oxygens (including phenoxy) is 1. The number of anilines is 1. The van der Waals surface area contributed by atoms with Crippen LogP contribution in [0.5, 0.6) is 5.75 Å². The highest BCUT2D eigenvalue weighted by atomic mass is 16.5. The van der Waals surface area contributed by atoms with E-state index in [2.05, 4.69) is 24.1 Å². The van der Waals surface area contributed by atoms with E-state index in [0.717, 1.165) is 26.1 Å². The molecule has 0 fully saturated rings. The Morgan fingerprint density at radius 3 is 2.62 bits per heavy atom. The largest absolute Gasteiger partial charge is 0.492 e. The van der Waals surface area contributed by atoms with Gasteiger partial charge in [0.15, 0.2) is 0 Å². The number of benzene rings is 1. The van der Waals surface area contributed by atoms with E-state index in [-0.39, 0.29) is 5.91 Å². The lowest BCUT2D eigenvalue weighted by molar-refractivity contribution is 0.0948. The minimum atomic E-state index is -0.0997. The Morgan fingerprint density at radius 2 is 2.05 bits per heavy atom. The third-order valence-corrected chi connectivity index (χ3v) is 3.27. The molecule has 1 rings (SSSR count). The maximum atomic E-state index is 12.1. The van der Waals surface area contributed by atoms with E-state index in [1.54, 1.807) is 18.2 Å². The first-order valence-corrected chi connectivity index (χ1v) is 7.65. The number of nitrogen functional groups attached to an aromatic ring is 1. The van der Waals surface area contributed by atoms with Crippen LogP contribution in [-0.2, 0) is 0 Å². The molecule has 0 bridgehead atoms. The van der Waals surface area contributed by atoms with Crippen molar-refractivity contribution in [2.45, 2.75) is 27.2 Å². The van der Waals surface area contributed by atoms with Gasteiger partial charge in [-0.25, -0.2) is 0 Å².